The second-order valence-electron chi connectivity index (χ2n) is 3.85. The van der Waals surface area contributed by atoms with E-state index in [0.717, 1.165) is 11.3 Å². The molecule has 0 spiro atoms. The van der Waals surface area contributed by atoms with Crippen LogP contribution in [0.3, 0.4) is 0 Å². The topological polar surface area (TPSA) is 43.8 Å². The van der Waals surface area contributed by atoms with Gasteiger partial charge >= 0.3 is 0 Å². The van der Waals surface area contributed by atoms with E-state index in [-0.39, 0.29) is 5.82 Å². The van der Waals surface area contributed by atoms with E-state index in [1.165, 1.54) is 6.07 Å². The maximum absolute atomic E-state index is 13.6. The zero-order valence-corrected chi connectivity index (χ0v) is 10.2. The van der Waals surface area contributed by atoms with Crippen LogP contribution < -0.4 is 5.73 Å². The first-order valence-corrected chi connectivity index (χ1v) is 5.65. The van der Waals surface area contributed by atoms with Crippen molar-refractivity contribution in [2.45, 2.75) is 20.0 Å². The van der Waals surface area contributed by atoms with Crippen molar-refractivity contribution in [1.29, 1.82) is 0 Å². The van der Waals surface area contributed by atoms with Crippen LogP contribution in [0.15, 0.2) is 24.4 Å². The molecule has 3 nitrogen and oxygen atoms in total. The van der Waals surface area contributed by atoms with Crippen LogP contribution in [0.25, 0.3) is 0 Å². The van der Waals surface area contributed by atoms with Gasteiger partial charge in [0.05, 0.1) is 12.7 Å². The number of aromatic nitrogens is 2. The van der Waals surface area contributed by atoms with Crippen molar-refractivity contribution in [1.82, 2.24) is 9.78 Å². The molecule has 1 heterocycles. The first-order chi connectivity index (χ1) is 8.11. The normalized spacial score (nSPS) is 10.8. The van der Waals surface area contributed by atoms with Crippen LogP contribution in [0.4, 0.5) is 4.39 Å². The molecule has 90 valence electrons. The molecule has 0 aliphatic rings. The summed E-state index contributed by atoms with van der Waals surface area (Å²) in [6, 6.07) is 4.64. The zero-order valence-electron chi connectivity index (χ0n) is 9.45. The number of benzene rings is 1. The van der Waals surface area contributed by atoms with Gasteiger partial charge in [-0.15, -0.1) is 0 Å². The summed E-state index contributed by atoms with van der Waals surface area (Å²) >= 11 is 5.70. The Bertz CT molecular complexity index is 537. The molecule has 0 saturated carbocycles. The molecule has 0 fully saturated rings. The number of rotatable bonds is 3. The summed E-state index contributed by atoms with van der Waals surface area (Å²) in [5.74, 6) is -0.318. The lowest BCUT2D eigenvalue weighted by Gasteiger charge is -2.06. The van der Waals surface area contributed by atoms with Crippen LogP contribution in [0.5, 0.6) is 0 Å². The second kappa shape index (κ2) is 4.85. The number of nitrogens with zero attached hydrogens (tertiary/aromatic N) is 2. The van der Waals surface area contributed by atoms with Gasteiger partial charge in [-0.2, -0.15) is 5.10 Å². The highest BCUT2D eigenvalue weighted by Crippen LogP contribution is 2.16. The minimum atomic E-state index is -0.318. The summed E-state index contributed by atoms with van der Waals surface area (Å²) in [4.78, 5) is 0. The van der Waals surface area contributed by atoms with Gasteiger partial charge in [0.15, 0.2) is 0 Å². The molecule has 0 saturated heterocycles. The van der Waals surface area contributed by atoms with Gasteiger partial charge in [0.2, 0.25) is 0 Å². The SMILES string of the molecule is Cc1c(CN)cnn1Cc1ccc(Cl)cc1F. The molecule has 5 heteroatoms. The lowest BCUT2D eigenvalue weighted by atomic mass is 10.2. The lowest BCUT2D eigenvalue weighted by Crippen LogP contribution is -2.06. The molecule has 0 radical (unpaired) electrons. The molecule has 1 aromatic heterocycles. The molecular weight excluding hydrogens is 241 g/mol. The van der Waals surface area contributed by atoms with Crippen molar-refractivity contribution in [2.24, 2.45) is 5.73 Å². The van der Waals surface area contributed by atoms with Crippen LogP contribution in [-0.4, -0.2) is 9.78 Å². The summed E-state index contributed by atoms with van der Waals surface area (Å²) in [6.07, 6.45) is 1.71. The highest BCUT2D eigenvalue weighted by Gasteiger charge is 2.08. The fourth-order valence-corrected chi connectivity index (χ4v) is 1.82. The molecule has 2 N–H and O–H groups in total. The molecule has 2 aromatic rings. The van der Waals surface area contributed by atoms with E-state index >= 15 is 0 Å². The predicted molar refractivity (Wildman–Crippen MR) is 65.4 cm³/mol. The summed E-state index contributed by atoms with van der Waals surface area (Å²) in [5, 5.41) is 4.58. The molecule has 2 rings (SSSR count). The van der Waals surface area contributed by atoms with Crippen molar-refractivity contribution in [3.05, 3.63) is 52.1 Å². The summed E-state index contributed by atoms with van der Waals surface area (Å²) in [7, 11) is 0. The van der Waals surface area contributed by atoms with E-state index < -0.39 is 0 Å². The number of nitrogens with two attached hydrogens (primary N) is 1. The largest absolute Gasteiger partial charge is 0.326 e. The van der Waals surface area contributed by atoms with Crippen molar-refractivity contribution in [2.75, 3.05) is 0 Å². The summed E-state index contributed by atoms with van der Waals surface area (Å²) in [5.41, 5.74) is 8.05. The van der Waals surface area contributed by atoms with Crippen LogP contribution >= 0.6 is 11.6 Å². The van der Waals surface area contributed by atoms with Gasteiger partial charge in [0, 0.05) is 28.4 Å². The third kappa shape index (κ3) is 2.48. The monoisotopic (exact) mass is 253 g/mol. The summed E-state index contributed by atoms with van der Waals surface area (Å²) in [6.45, 7) is 2.74. The van der Waals surface area contributed by atoms with Crippen LogP contribution in [0.2, 0.25) is 5.02 Å². The second-order valence-corrected chi connectivity index (χ2v) is 4.29. The lowest BCUT2D eigenvalue weighted by molar-refractivity contribution is 0.580. The molecule has 0 atom stereocenters. The first-order valence-electron chi connectivity index (χ1n) is 5.27. The fourth-order valence-electron chi connectivity index (χ4n) is 1.66. The zero-order chi connectivity index (χ0) is 12.4. The van der Waals surface area contributed by atoms with Gasteiger partial charge < -0.3 is 5.73 Å². The molecule has 1 aromatic carbocycles. The molecule has 0 aliphatic carbocycles. The van der Waals surface area contributed by atoms with E-state index in [9.17, 15) is 4.39 Å². The van der Waals surface area contributed by atoms with Gasteiger partial charge in [-0.1, -0.05) is 17.7 Å². The Morgan fingerprint density at radius 3 is 2.76 bits per heavy atom. The highest BCUT2D eigenvalue weighted by molar-refractivity contribution is 6.30. The maximum atomic E-state index is 13.6. The number of halogens is 2. The van der Waals surface area contributed by atoms with Gasteiger partial charge in [-0.05, 0) is 19.1 Å². The molecule has 0 aliphatic heterocycles. The van der Waals surface area contributed by atoms with Crippen molar-refractivity contribution in [3.8, 4) is 0 Å². The minimum Gasteiger partial charge on any atom is -0.326 e. The Balaban J connectivity index is 2.28. The van der Waals surface area contributed by atoms with Crippen molar-refractivity contribution >= 4 is 11.6 Å². The Labute approximate surface area is 104 Å². The molecule has 0 unspecified atom stereocenters. The maximum Gasteiger partial charge on any atom is 0.129 e. The van der Waals surface area contributed by atoms with Crippen LogP contribution in [0, 0.1) is 12.7 Å². The van der Waals surface area contributed by atoms with E-state index in [4.69, 9.17) is 17.3 Å². The average Bonchev–Trinajstić information content (AvgIpc) is 2.64. The van der Waals surface area contributed by atoms with Crippen molar-refractivity contribution in [3.63, 3.8) is 0 Å². The number of hydrogen-bond donors (Lipinski definition) is 1. The van der Waals surface area contributed by atoms with Crippen LogP contribution in [0.1, 0.15) is 16.8 Å². The van der Waals surface area contributed by atoms with E-state index in [2.05, 4.69) is 5.10 Å². The quantitative estimate of drug-likeness (QED) is 0.913. The van der Waals surface area contributed by atoms with E-state index in [1.54, 1.807) is 23.0 Å². The van der Waals surface area contributed by atoms with Crippen molar-refractivity contribution < 1.29 is 4.39 Å². The first kappa shape index (κ1) is 12.1. The van der Waals surface area contributed by atoms with Crippen LogP contribution in [-0.2, 0) is 13.1 Å². The third-order valence-electron chi connectivity index (χ3n) is 2.76. The van der Waals surface area contributed by atoms with E-state index in [1.807, 2.05) is 6.92 Å². The summed E-state index contributed by atoms with van der Waals surface area (Å²) < 4.78 is 15.3. The minimum absolute atomic E-state index is 0.318. The Morgan fingerprint density at radius 1 is 1.41 bits per heavy atom. The third-order valence-corrected chi connectivity index (χ3v) is 3.00. The molecular formula is C12H13ClFN3. The van der Waals surface area contributed by atoms with Gasteiger partial charge in [0.25, 0.3) is 0 Å². The molecule has 0 amide bonds. The molecule has 0 bridgehead atoms. The predicted octanol–water partition coefficient (Wildman–Crippen LogP) is 2.49. The Hall–Kier alpha value is -1.39. The Kier molecular flexibility index (Phi) is 3.45. The van der Waals surface area contributed by atoms with Gasteiger partial charge in [-0.3, -0.25) is 4.68 Å². The standard InChI is InChI=1S/C12H13ClFN3/c1-8-10(5-15)6-16-17(8)7-9-2-3-11(13)4-12(9)14/h2-4,6H,5,7,15H2,1H3. The average molecular weight is 254 g/mol. The number of hydrogen-bond acceptors (Lipinski definition) is 2. The van der Waals surface area contributed by atoms with Gasteiger partial charge in [-0.25, -0.2) is 4.39 Å². The van der Waals surface area contributed by atoms with Gasteiger partial charge in [0.1, 0.15) is 5.82 Å². The molecule has 17 heavy (non-hydrogen) atoms. The highest BCUT2D eigenvalue weighted by atomic mass is 35.5. The Morgan fingerprint density at radius 2 is 2.18 bits per heavy atom. The fraction of sp³-hybridized carbons (Fsp3) is 0.250. The van der Waals surface area contributed by atoms with E-state index in [0.29, 0.717) is 23.7 Å². The smallest absolute Gasteiger partial charge is 0.129 e.